The van der Waals surface area contributed by atoms with Crippen molar-refractivity contribution in [3.8, 4) is 0 Å². The van der Waals surface area contributed by atoms with Gasteiger partial charge in [0.25, 0.3) is 11.8 Å². The Hall–Kier alpha value is -3.15. The van der Waals surface area contributed by atoms with Gasteiger partial charge in [-0.05, 0) is 12.5 Å². The Labute approximate surface area is 226 Å². The highest BCUT2D eigenvalue weighted by molar-refractivity contribution is 8.01. The molecule has 0 unspecified atom stereocenters. The van der Waals surface area contributed by atoms with Crippen LogP contribution in [-0.4, -0.2) is 84.6 Å². The Morgan fingerprint density at radius 2 is 2.11 bits per heavy atom. The van der Waals surface area contributed by atoms with Crippen molar-refractivity contribution < 1.29 is 34.2 Å². The van der Waals surface area contributed by atoms with Gasteiger partial charge in [-0.25, -0.2) is 14.8 Å². The van der Waals surface area contributed by atoms with E-state index in [1.165, 1.54) is 52.3 Å². The van der Waals surface area contributed by atoms with Crippen LogP contribution in [0.25, 0.3) is 0 Å². The SMILES string of the molecule is CON=C(C(=O)N[C@H]1C(=O)N2C(C(=O)O)=C(CSc3nc(C)c(CC(=O)O)s3)CS[C@@H]12)c1csc(N)n1. The molecular weight excluding hydrogens is 565 g/mol. The van der Waals surface area contributed by atoms with Crippen LogP contribution in [0, 0.1) is 6.92 Å². The summed E-state index contributed by atoms with van der Waals surface area (Å²) in [4.78, 5) is 63.9. The predicted octanol–water partition coefficient (Wildman–Crippen LogP) is 0.999. The van der Waals surface area contributed by atoms with E-state index in [-0.39, 0.29) is 34.4 Å². The molecule has 4 rings (SSSR count). The highest BCUT2D eigenvalue weighted by Gasteiger charge is 2.54. The summed E-state index contributed by atoms with van der Waals surface area (Å²) in [5.41, 5.74) is 6.70. The number of nitrogens with two attached hydrogens (primary N) is 1. The number of carbonyl (C=O) groups is 4. The largest absolute Gasteiger partial charge is 0.481 e. The summed E-state index contributed by atoms with van der Waals surface area (Å²) in [7, 11) is 1.26. The highest BCUT2D eigenvalue weighted by Crippen LogP contribution is 2.42. The third kappa shape index (κ3) is 5.58. The van der Waals surface area contributed by atoms with Crippen LogP contribution in [0.3, 0.4) is 0 Å². The lowest BCUT2D eigenvalue weighted by molar-refractivity contribution is -0.150. The summed E-state index contributed by atoms with van der Waals surface area (Å²) < 4.78 is 0.617. The number of rotatable bonds is 10. The fourth-order valence-corrected chi connectivity index (χ4v) is 7.87. The molecule has 5 N–H and O–H groups in total. The Morgan fingerprint density at radius 3 is 2.73 bits per heavy atom. The van der Waals surface area contributed by atoms with E-state index in [9.17, 15) is 24.3 Å². The molecule has 0 aliphatic carbocycles. The number of aryl methyl sites for hydroxylation is 1. The number of hydrogen-bond acceptors (Lipinski definition) is 13. The lowest BCUT2D eigenvalue weighted by atomic mass is 10.0. The number of carbonyl (C=O) groups excluding carboxylic acids is 2. The number of nitrogens with zero attached hydrogens (tertiary/aromatic N) is 4. The molecule has 0 radical (unpaired) electrons. The maximum atomic E-state index is 13.0. The summed E-state index contributed by atoms with van der Waals surface area (Å²) >= 11 is 4.98. The summed E-state index contributed by atoms with van der Waals surface area (Å²) in [6.07, 6.45) is -0.132. The maximum absolute atomic E-state index is 13.0. The molecule has 2 amide bonds. The van der Waals surface area contributed by atoms with Gasteiger partial charge in [0.2, 0.25) is 0 Å². The number of carboxylic acids is 2. The standard InChI is InChI=1S/C20H20N6O7S4/c1-7-10(3-11(27)28)37-20(22-7)36-5-8-4-34-17-13(16(30)26(17)14(8)18(31)32)24-15(29)12(25-33-2)9-6-35-19(21)23-9/h6,13,17H,3-5H2,1-2H3,(H2,21,23)(H,24,29)(H,27,28)(H,31,32)/t13-,17-/m0/s1. The molecule has 2 aromatic rings. The van der Waals surface area contributed by atoms with Crippen molar-refractivity contribution in [1.29, 1.82) is 0 Å². The van der Waals surface area contributed by atoms with Crippen LogP contribution in [0.4, 0.5) is 5.13 Å². The zero-order valence-corrected chi connectivity index (χ0v) is 22.6. The van der Waals surface area contributed by atoms with Crippen molar-refractivity contribution in [2.75, 3.05) is 24.3 Å². The second-order valence-electron chi connectivity index (χ2n) is 7.66. The number of fused-ring (bicyclic) bond motifs is 1. The smallest absolute Gasteiger partial charge is 0.352 e. The summed E-state index contributed by atoms with van der Waals surface area (Å²) in [5.74, 6) is -2.89. The Morgan fingerprint density at radius 1 is 1.35 bits per heavy atom. The number of thiazole rings is 2. The first-order valence-corrected chi connectivity index (χ1v) is 14.2. The van der Waals surface area contributed by atoms with Crippen molar-refractivity contribution in [3.63, 3.8) is 0 Å². The first-order valence-electron chi connectivity index (χ1n) is 10.4. The van der Waals surface area contributed by atoms with Crippen LogP contribution >= 0.6 is 46.2 Å². The molecule has 17 heteroatoms. The summed E-state index contributed by atoms with van der Waals surface area (Å²) in [6, 6.07) is -0.959. The molecule has 0 spiro atoms. The number of aliphatic carboxylic acids is 2. The fraction of sp³-hybridized carbons (Fsp3) is 0.350. The highest BCUT2D eigenvalue weighted by atomic mass is 32.2. The number of carboxylic acid groups (broad SMARTS) is 2. The van der Waals surface area contributed by atoms with Crippen LogP contribution in [0.1, 0.15) is 16.3 Å². The minimum absolute atomic E-state index is 0.121. The maximum Gasteiger partial charge on any atom is 0.352 e. The first-order chi connectivity index (χ1) is 17.6. The number of β-lactam (4-membered cyclic amide) rings is 1. The van der Waals surface area contributed by atoms with Gasteiger partial charge in [-0.2, -0.15) is 0 Å². The average Bonchev–Trinajstić information content (AvgIpc) is 3.42. The Bertz CT molecular complexity index is 1340. The van der Waals surface area contributed by atoms with E-state index in [0.717, 1.165) is 11.3 Å². The number of nitrogens with one attached hydrogen (secondary N) is 1. The van der Waals surface area contributed by atoms with E-state index < -0.39 is 35.2 Å². The monoisotopic (exact) mass is 584 g/mol. The lowest BCUT2D eigenvalue weighted by Crippen LogP contribution is -2.71. The van der Waals surface area contributed by atoms with E-state index >= 15 is 0 Å². The molecule has 2 aromatic heterocycles. The number of oxime groups is 1. The molecule has 196 valence electrons. The number of aromatic nitrogens is 2. The van der Waals surface area contributed by atoms with Crippen molar-refractivity contribution >= 4 is 80.8 Å². The zero-order valence-electron chi connectivity index (χ0n) is 19.3. The van der Waals surface area contributed by atoms with Gasteiger partial charge in [-0.3, -0.25) is 19.3 Å². The van der Waals surface area contributed by atoms with Crippen LogP contribution < -0.4 is 11.1 Å². The van der Waals surface area contributed by atoms with Gasteiger partial charge in [-0.15, -0.1) is 34.4 Å². The summed E-state index contributed by atoms with van der Waals surface area (Å²) in [5, 5.41) is 26.3. The van der Waals surface area contributed by atoms with Gasteiger partial charge in [0.15, 0.2) is 15.2 Å². The Kier molecular flexibility index (Phi) is 8.05. The number of nitrogen functional groups attached to an aromatic ring is 1. The van der Waals surface area contributed by atoms with Gasteiger partial charge >= 0.3 is 11.9 Å². The molecule has 37 heavy (non-hydrogen) atoms. The second kappa shape index (κ2) is 11.1. The van der Waals surface area contributed by atoms with E-state index in [2.05, 4.69) is 20.4 Å². The molecular formula is C20H20N6O7S4. The first kappa shape index (κ1) is 26.9. The number of anilines is 1. The molecule has 13 nitrogen and oxygen atoms in total. The molecule has 1 fully saturated rings. The van der Waals surface area contributed by atoms with Crippen molar-refractivity contribution in [2.24, 2.45) is 5.16 Å². The van der Waals surface area contributed by atoms with Gasteiger partial charge in [0, 0.05) is 21.8 Å². The third-order valence-corrected chi connectivity index (χ3v) is 9.65. The van der Waals surface area contributed by atoms with Crippen molar-refractivity contribution in [1.82, 2.24) is 20.2 Å². The van der Waals surface area contributed by atoms with E-state index in [0.29, 0.717) is 26.2 Å². The van der Waals surface area contributed by atoms with Crippen LogP contribution in [-0.2, 0) is 30.4 Å². The molecule has 0 saturated carbocycles. The topological polar surface area (TPSA) is 197 Å². The Balaban J connectivity index is 1.47. The summed E-state index contributed by atoms with van der Waals surface area (Å²) in [6.45, 7) is 1.72. The normalized spacial score (nSPS) is 19.4. The van der Waals surface area contributed by atoms with Gasteiger partial charge in [-0.1, -0.05) is 16.9 Å². The van der Waals surface area contributed by atoms with Gasteiger partial charge in [0.05, 0.1) is 12.1 Å². The van der Waals surface area contributed by atoms with E-state index in [1.54, 1.807) is 6.92 Å². The van der Waals surface area contributed by atoms with Gasteiger partial charge < -0.3 is 26.1 Å². The second-order valence-corrected chi connectivity index (χ2v) is 12.0. The molecule has 0 bridgehead atoms. The van der Waals surface area contributed by atoms with E-state index in [4.69, 9.17) is 15.7 Å². The van der Waals surface area contributed by atoms with Crippen molar-refractivity contribution in [2.45, 2.75) is 29.1 Å². The third-order valence-electron chi connectivity index (χ3n) is 5.25. The average molecular weight is 585 g/mol. The van der Waals surface area contributed by atoms with Crippen LogP contribution in [0.2, 0.25) is 0 Å². The molecule has 2 aliphatic rings. The number of thioether (sulfide) groups is 2. The number of amides is 2. The molecule has 4 heterocycles. The van der Waals surface area contributed by atoms with Crippen LogP contribution in [0.15, 0.2) is 26.1 Å². The molecule has 0 aromatic carbocycles. The zero-order chi connectivity index (χ0) is 26.9. The quantitative estimate of drug-likeness (QED) is 0.134. The van der Waals surface area contributed by atoms with Gasteiger partial charge in [0.1, 0.15) is 29.9 Å². The van der Waals surface area contributed by atoms with E-state index in [1.807, 2.05) is 0 Å². The van der Waals surface area contributed by atoms with Crippen LogP contribution in [0.5, 0.6) is 0 Å². The number of hydrogen-bond donors (Lipinski definition) is 4. The fourth-order valence-electron chi connectivity index (χ4n) is 3.61. The minimum Gasteiger partial charge on any atom is -0.481 e. The molecule has 2 atom stereocenters. The molecule has 1 saturated heterocycles. The minimum atomic E-state index is -1.25. The molecule has 2 aliphatic heterocycles. The van der Waals surface area contributed by atoms with Crippen molar-refractivity contribution in [3.05, 3.63) is 32.9 Å². The lowest BCUT2D eigenvalue weighted by Gasteiger charge is -2.49. The predicted molar refractivity (Wildman–Crippen MR) is 139 cm³/mol.